The first-order valence-corrected chi connectivity index (χ1v) is 5.14. The molecule has 0 spiro atoms. The third-order valence-electron chi connectivity index (χ3n) is 2.22. The van der Waals surface area contributed by atoms with E-state index >= 15 is 0 Å². The Balaban J connectivity index is 2.70. The van der Waals surface area contributed by atoms with Crippen molar-refractivity contribution in [2.24, 2.45) is 11.7 Å². The lowest BCUT2D eigenvalue weighted by molar-refractivity contribution is 0.462. The monoisotopic (exact) mass is 184 g/mol. The van der Waals surface area contributed by atoms with Crippen molar-refractivity contribution in [2.45, 2.75) is 33.2 Å². The summed E-state index contributed by atoms with van der Waals surface area (Å²) in [6, 6.07) is 0.168. The Morgan fingerprint density at radius 3 is 2.75 bits per heavy atom. The number of hydrogen-bond donors (Lipinski definition) is 1. The Kier molecular flexibility index (Phi) is 3.23. The van der Waals surface area contributed by atoms with Crippen LogP contribution in [0, 0.1) is 12.8 Å². The zero-order valence-electron chi connectivity index (χ0n) is 7.87. The molecule has 1 rings (SSSR count). The lowest BCUT2D eigenvalue weighted by atomic mass is 9.99. The molecule has 0 bridgehead atoms. The molecule has 0 aromatic carbocycles. The van der Waals surface area contributed by atoms with Gasteiger partial charge >= 0.3 is 0 Å². The van der Waals surface area contributed by atoms with Gasteiger partial charge in [-0.1, -0.05) is 20.3 Å². The average molecular weight is 184 g/mol. The van der Waals surface area contributed by atoms with Crippen LogP contribution in [0.25, 0.3) is 0 Å². The smallest absolute Gasteiger partial charge is 0.0897 e. The highest BCUT2D eigenvalue weighted by Crippen LogP contribution is 2.25. The minimum Gasteiger partial charge on any atom is -0.323 e. The van der Waals surface area contributed by atoms with Crippen molar-refractivity contribution in [1.29, 1.82) is 0 Å². The molecule has 12 heavy (non-hydrogen) atoms. The first kappa shape index (κ1) is 9.68. The van der Waals surface area contributed by atoms with Gasteiger partial charge in [0.05, 0.1) is 5.01 Å². The van der Waals surface area contributed by atoms with Gasteiger partial charge in [-0.15, -0.1) is 11.3 Å². The van der Waals surface area contributed by atoms with E-state index in [4.69, 9.17) is 5.73 Å². The van der Waals surface area contributed by atoms with E-state index in [-0.39, 0.29) is 6.04 Å². The van der Waals surface area contributed by atoms with Gasteiger partial charge in [-0.3, -0.25) is 0 Å². The van der Waals surface area contributed by atoms with Gasteiger partial charge in [0.15, 0.2) is 0 Å². The van der Waals surface area contributed by atoms with Crippen LogP contribution in [0.2, 0.25) is 0 Å². The second-order valence-corrected chi connectivity index (χ2v) is 4.46. The molecule has 0 saturated heterocycles. The summed E-state index contributed by atoms with van der Waals surface area (Å²) in [5.74, 6) is 0.546. The van der Waals surface area contributed by atoms with Crippen LogP contribution in [0.5, 0.6) is 0 Å². The SMILES string of the molecule is CCC(C)C(N)c1cnc(C)s1. The molecule has 1 aromatic heterocycles. The molecule has 0 aliphatic carbocycles. The molecule has 0 saturated carbocycles. The number of aromatic nitrogens is 1. The third-order valence-corrected chi connectivity index (χ3v) is 3.24. The highest BCUT2D eigenvalue weighted by Gasteiger charge is 2.14. The van der Waals surface area contributed by atoms with Crippen LogP contribution < -0.4 is 5.73 Å². The molecule has 0 amide bonds. The van der Waals surface area contributed by atoms with Crippen LogP contribution in [0.3, 0.4) is 0 Å². The summed E-state index contributed by atoms with van der Waals surface area (Å²) in [6.45, 7) is 6.36. The minimum atomic E-state index is 0.168. The molecule has 0 aliphatic rings. The van der Waals surface area contributed by atoms with Crippen molar-refractivity contribution < 1.29 is 0 Å². The largest absolute Gasteiger partial charge is 0.323 e. The summed E-state index contributed by atoms with van der Waals surface area (Å²) >= 11 is 1.70. The number of thiazole rings is 1. The van der Waals surface area contributed by atoms with E-state index in [1.807, 2.05) is 13.1 Å². The standard InChI is InChI=1S/C9H16N2S/c1-4-6(2)9(10)8-5-11-7(3)12-8/h5-6,9H,4,10H2,1-3H3. The summed E-state index contributed by atoms with van der Waals surface area (Å²) in [5.41, 5.74) is 6.03. The first-order chi connectivity index (χ1) is 5.65. The topological polar surface area (TPSA) is 38.9 Å². The first-order valence-electron chi connectivity index (χ1n) is 4.33. The van der Waals surface area contributed by atoms with E-state index in [9.17, 15) is 0 Å². The molecule has 1 heterocycles. The Morgan fingerprint density at radius 2 is 2.33 bits per heavy atom. The van der Waals surface area contributed by atoms with E-state index in [0.717, 1.165) is 11.4 Å². The Labute approximate surface area is 77.8 Å². The maximum absolute atomic E-state index is 6.03. The summed E-state index contributed by atoms with van der Waals surface area (Å²) in [5, 5.41) is 1.10. The Morgan fingerprint density at radius 1 is 1.67 bits per heavy atom. The quantitative estimate of drug-likeness (QED) is 0.784. The van der Waals surface area contributed by atoms with E-state index in [2.05, 4.69) is 18.8 Å². The van der Waals surface area contributed by atoms with E-state index in [0.29, 0.717) is 5.92 Å². The molecule has 2 unspecified atom stereocenters. The minimum absolute atomic E-state index is 0.168. The van der Waals surface area contributed by atoms with E-state index in [1.165, 1.54) is 4.88 Å². The molecule has 68 valence electrons. The zero-order chi connectivity index (χ0) is 9.14. The van der Waals surface area contributed by atoms with Gasteiger partial charge in [0.1, 0.15) is 0 Å². The molecule has 2 N–H and O–H groups in total. The second kappa shape index (κ2) is 4.01. The van der Waals surface area contributed by atoms with Gasteiger partial charge in [-0.2, -0.15) is 0 Å². The lowest BCUT2D eigenvalue weighted by Gasteiger charge is -2.15. The van der Waals surface area contributed by atoms with Crippen LogP contribution in [-0.2, 0) is 0 Å². The van der Waals surface area contributed by atoms with Crippen molar-refractivity contribution >= 4 is 11.3 Å². The van der Waals surface area contributed by atoms with Gasteiger partial charge in [-0.25, -0.2) is 4.98 Å². The number of aryl methyl sites for hydroxylation is 1. The van der Waals surface area contributed by atoms with Crippen LogP contribution in [0.4, 0.5) is 0 Å². The summed E-state index contributed by atoms with van der Waals surface area (Å²) in [7, 11) is 0. The molecule has 1 aromatic rings. The zero-order valence-corrected chi connectivity index (χ0v) is 8.69. The molecule has 0 aliphatic heterocycles. The van der Waals surface area contributed by atoms with Gasteiger partial charge in [0.25, 0.3) is 0 Å². The maximum Gasteiger partial charge on any atom is 0.0897 e. The number of rotatable bonds is 3. The molecule has 2 atom stereocenters. The normalized spacial score (nSPS) is 16.0. The molecular weight excluding hydrogens is 168 g/mol. The van der Waals surface area contributed by atoms with Crippen LogP contribution >= 0.6 is 11.3 Å². The molecule has 0 radical (unpaired) electrons. The summed E-state index contributed by atoms with van der Waals surface area (Å²) in [4.78, 5) is 5.40. The summed E-state index contributed by atoms with van der Waals surface area (Å²) in [6.07, 6.45) is 3.02. The fourth-order valence-electron chi connectivity index (χ4n) is 1.07. The van der Waals surface area contributed by atoms with Crippen molar-refractivity contribution in [2.75, 3.05) is 0 Å². The molecule has 2 nitrogen and oxygen atoms in total. The van der Waals surface area contributed by atoms with Gasteiger partial charge in [0.2, 0.25) is 0 Å². The second-order valence-electron chi connectivity index (χ2n) is 3.19. The predicted octanol–water partition coefficient (Wildman–Crippen LogP) is 2.50. The summed E-state index contributed by atoms with van der Waals surface area (Å²) < 4.78 is 0. The fourth-order valence-corrected chi connectivity index (χ4v) is 1.99. The number of hydrogen-bond acceptors (Lipinski definition) is 3. The van der Waals surface area contributed by atoms with Crippen molar-refractivity contribution in [3.63, 3.8) is 0 Å². The van der Waals surface area contributed by atoms with E-state index < -0.39 is 0 Å². The van der Waals surface area contributed by atoms with Gasteiger partial charge in [0, 0.05) is 17.1 Å². The fraction of sp³-hybridized carbons (Fsp3) is 0.667. The Hall–Kier alpha value is -0.410. The van der Waals surface area contributed by atoms with Crippen LogP contribution in [0.1, 0.15) is 36.2 Å². The molecular formula is C9H16N2S. The maximum atomic E-state index is 6.03. The molecule has 3 heteroatoms. The number of nitrogens with two attached hydrogens (primary N) is 1. The third kappa shape index (κ3) is 2.05. The predicted molar refractivity (Wildman–Crippen MR) is 53.2 cm³/mol. The lowest BCUT2D eigenvalue weighted by Crippen LogP contribution is -2.17. The van der Waals surface area contributed by atoms with Crippen molar-refractivity contribution in [3.8, 4) is 0 Å². The van der Waals surface area contributed by atoms with Crippen molar-refractivity contribution in [1.82, 2.24) is 4.98 Å². The van der Waals surface area contributed by atoms with Crippen LogP contribution in [-0.4, -0.2) is 4.98 Å². The van der Waals surface area contributed by atoms with Gasteiger partial charge < -0.3 is 5.73 Å². The van der Waals surface area contributed by atoms with Crippen molar-refractivity contribution in [3.05, 3.63) is 16.1 Å². The molecule has 0 fully saturated rings. The average Bonchev–Trinajstić information content (AvgIpc) is 2.49. The Bertz CT molecular complexity index is 244. The van der Waals surface area contributed by atoms with Crippen LogP contribution in [0.15, 0.2) is 6.20 Å². The van der Waals surface area contributed by atoms with E-state index in [1.54, 1.807) is 11.3 Å². The highest BCUT2D eigenvalue weighted by atomic mass is 32.1. The highest BCUT2D eigenvalue weighted by molar-refractivity contribution is 7.11. The number of nitrogens with zero attached hydrogens (tertiary/aromatic N) is 1. The van der Waals surface area contributed by atoms with Gasteiger partial charge in [-0.05, 0) is 12.8 Å².